The Morgan fingerprint density at radius 2 is 1.60 bits per heavy atom. The average Bonchev–Trinajstić information content (AvgIpc) is 3.14. The monoisotopic (exact) mass is 375 g/mol. The second kappa shape index (κ2) is 7.38. The van der Waals surface area contributed by atoms with Crippen molar-refractivity contribution < 1.29 is 14.0 Å². The van der Waals surface area contributed by atoms with Crippen molar-refractivity contribution in [2.75, 3.05) is 10.6 Å². The molecule has 0 aliphatic rings. The number of benzene rings is 1. The molecule has 0 atom stereocenters. The standard InChI is InChI=1S/C17H11Cl2N3O3/c18-13-8-10(9-20-15(13)19)16(23)21-11-3-5-12(6-4-11)22-17(24)14-2-1-7-25-14/h1-9H,(H,21,23)(H,22,24). The van der Waals surface area contributed by atoms with Crippen LogP contribution in [-0.2, 0) is 0 Å². The first kappa shape index (κ1) is 17.0. The normalized spacial score (nSPS) is 10.3. The van der Waals surface area contributed by atoms with E-state index in [1.165, 1.54) is 18.5 Å². The van der Waals surface area contributed by atoms with Gasteiger partial charge in [0.1, 0.15) is 5.15 Å². The molecule has 0 saturated carbocycles. The average molecular weight is 376 g/mol. The molecule has 0 saturated heterocycles. The maximum atomic E-state index is 12.2. The summed E-state index contributed by atoms with van der Waals surface area (Å²) >= 11 is 11.6. The summed E-state index contributed by atoms with van der Waals surface area (Å²) in [5.41, 5.74) is 1.40. The molecule has 8 heteroatoms. The molecule has 6 nitrogen and oxygen atoms in total. The molecular weight excluding hydrogens is 365 g/mol. The van der Waals surface area contributed by atoms with E-state index in [1.54, 1.807) is 36.4 Å². The number of nitrogens with one attached hydrogen (secondary N) is 2. The van der Waals surface area contributed by atoms with Crippen LogP contribution in [0, 0.1) is 0 Å². The van der Waals surface area contributed by atoms with Crippen LogP contribution in [0.15, 0.2) is 59.3 Å². The predicted octanol–water partition coefficient (Wildman–Crippen LogP) is 4.49. The molecule has 25 heavy (non-hydrogen) atoms. The zero-order chi connectivity index (χ0) is 17.8. The number of hydrogen-bond acceptors (Lipinski definition) is 4. The summed E-state index contributed by atoms with van der Waals surface area (Å²) in [5, 5.41) is 5.72. The summed E-state index contributed by atoms with van der Waals surface area (Å²) in [6.45, 7) is 0. The van der Waals surface area contributed by atoms with Crippen LogP contribution in [0.1, 0.15) is 20.9 Å². The number of carbonyl (C=O) groups excluding carboxylic acids is 2. The van der Waals surface area contributed by atoms with Crippen molar-refractivity contribution in [3.8, 4) is 0 Å². The zero-order valence-electron chi connectivity index (χ0n) is 12.6. The SMILES string of the molecule is O=C(Nc1ccc(NC(=O)c2ccco2)cc1)c1cnc(Cl)c(Cl)c1. The van der Waals surface area contributed by atoms with E-state index in [1.807, 2.05) is 0 Å². The predicted molar refractivity (Wildman–Crippen MR) is 95.3 cm³/mol. The van der Waals surface area contributed by atoms with Gasteiger partial charge in [0.2, 0.25) is 0 Å². The number of furan rings is 1. The maximum absolute atomic E-state index is 12.2. The molecule has 2 N–H and O–H groups in total. The first-order valence-electron chi connectivity index (χ1n) is 7.10. The summed E-state index contributed by atoms with van der Waals surface area (Å²) in [6, 6.07) is 11.2. The number of rotatable bonds is 4. The van der Waals surface area contributed by atoms with Crippen LogP contribution in [-0.4, -0.2) is 16.8 Å². The molecule has 2 aromatic heterocycles. The second-order valence-corrected chi connectivity index (χ2v) is 5.72. The maximum Gasteiger partial charge on any atom is 0.291 e. The Kier molecular flexibility index (Phi) is 5.02. The molecule has 0 spiro atoms. The number of carbonyl (C=O) groups is 2. The van der Waals surface area contributed by atoms with Gasteiger partial charge in [-0.15, -0.1) is 0 Å². The van der Waals surface area contributed by atoms with Gasteiger partial charge in [0.05, 0.1) is 16.8 Å². The van der Waals surface area contributed by atoms with Gasteiger partial charge in [-0.2, -0.15) is 0 Å². The minimum atomic E-state index is -0.376. The minimum absolute atomic E-state index is 0.134. The fraction of sp³-hybridized carbons (Fsp3) is 0. The molecule has 3 rings (SSSR count). The molecule has 0 bridgehead atoms. The van der Waals surface area contributed by atoms with Crippen LogP contribution in [0.4, 0.5) is 11.4 Å². The third kappa shape index (κ3) is 4.17. The molecular formula is C17H11Cl2N3O3. The molecule has 126 valence electrons. The lowest BCUT2D eigenvalue weighted by molar-refractivity contribution is 0.0994. The Hall–Kier alpha value is -2.83. The van der Waals surface area contributed by atoms with Gasteiger partial charge >= 0.3 is 0 Å². The van der Waals surface area contributed by atoms with Gasteiger partial charge in [0, 0.05) is 17.6 Å². The molecule has 0 fully saturated rings. The molecule has 3 aromatic rings. The van der Waals surface area contributed by atoms with Crippen LogP contribution in [0.3, 0.4) is 0 Å². The van der Waals surface area contributed by atoms with E-state index in [2.05, 4.69) is 15.6 Å². The van der Waals surface area contributed by atoms with Gasteiger partial charge in [0.15, 0.2) is 5.76 Å². The topological polar surface area (TPSA) is 84.2 Å². The quantitative estimate of drug-likeness (QED) is 0.658. The molecule has 0 unspecified atom stereocenters. The first-order valence-corrected chi connectivity index (χ1v) is 7.86. The van der Waals surface area contributed by atoms with Crippen molar-refractivity contribution in [3.63, 3.8) is 0 Å². The van der Waals surface area contributed by atoms with Crippen molar-refractivity contribution in [1.82, 2.24) is 4.98 Å². The molecule has 0 aliphatic heterocycles. The second-order valence-electron chi connectivity index (χ2n) is 4.96. The first-order chi connectivity index (χ1) is 12.0. The van der Waals surface area contributed by atoms with Crippen molar-refractivity contribution >= 4 is 46.4 Å². The Labute approximate surface area is 152 Å². The Morgan fingerprint density at radius 1 is 0.960 bits per heavy atom. The van der Waals surface area contributed by atoms with Gasteiger partial charge in [-0.3, -0.25) is 9.59 Å². The third-order valence-corrected chi connectivity index (χ3v) is 3.89. The van der Waals surface area contributed by atoms with E-state index in [-0.39, 0.29) is 33.3 Å². The van der Waals surface area contributed by atoms with Crippen molar-refractivity contribution in [2.45, 2.75) is 0 Å². The number of anilines is 2. The number of pyridine rings is 1. The fourth-order valence-electron chi connectivity index (χ4n) is 1.99. The molecule has 2 amide bonds. The Balaban J connectivity index is 1.65. The van der Waals surface area contributed by atoms with E-state index >= 15 is 0 Å². The van der Waals surface area contributed by atoms with E-state index in [0.717, 1.165) is 0 Å². The number of nitrogens with zero attached hydrogens (tertiary/aromatic N) is 1. The largest absolute Gasteiger partial charge is 0.459 e. The Bertz CT molecular complexity index is 909. The number of aromatic nitrogens is 1. The lowest BCUT2D eigenvalue weighted by atomic mass is 10.2. The molecule has 0 aliphatic carbocycles. The van der Waals surface area contributed by atoms with E-state index in [9.17, 15) is 9.59 Å². The zero-order valence-corrected chi connectivity index (χ0v) is 14.1. The highest BCUT2D eigenvalue weighted by molar-refractivity contribution is 6.41. The van der Waals surface area contributed by atoms with E-state index < -0.39 is 0 Å². The van der Waals surface area contributed by atoms with Gasteiger partial charge in [-0.25, -0.2) is 4.98 Å². The van der Waals surface area contributed by atoms with Crippen molar-refractivity contribution in [2.24, 2.45) is 0 Å². The smallest absolute Gasteiger partial charge is 0.291 e. The number of amides is 2. The van der Waals surface area contributed by atoms with Crippen LogP contribution in [0.5, 0.6) is 0 Å². The highest BCUT2D eigenvalue weighted by Crippen LogP contribution is 2.21. The lowest BCUT2D eigenvalue weighted by Gasteiger charge is -2.07. The summed E-state index contributed by atoms with van der Waals surface area (Å²) in [4.78, 5) is 27.9. The highest BCUT2D eigenvalue weighted by atomic mass is 35.5. The van der Waals surface area contributed by atoms with Crippen LogP contribution in [0.2, 0.25) is 10.2 Å². The molecule has 0 radical (unpaired) electrons. The summed E-state index contributed by atoms with van der Waals surface area (Å²) in [7, 11) is 0. The lowest BCUT2D eigenvalue weighted by Crippen LogP contribution is -2.13. The Morgan fingerprint density at radius 3 is 2.16 bits per heavy atom. The van der Waals surface area contributed by atoms with Crippen LogP contribution >= 0.6 is 23.2 Å². The van der Waals surface area contributed by atoms with E-state index in [4.69, 9.17) is 27.6 Å². The number of halogens is 2. The van der Waals surface area contributed by atoms with Gasteiger partial charge < -0.3 is 15.1 Å². The fourth-order valence-corrected chi connectivity index (χ4v) is 2.26. The van der Waals surface area contributed by atoms with Crippen molar-refractivity contribution in [3.05, 3.63) is 76.4 Å². The van der Waals surface area contributed by atoms with E-state index in [0.29, 0.717) is 11.4 Å². The van der Waals surface area contributed by atoms with Crippen LogP contribution in [0.25, 0.3) is 0 Å². The number of hydrogen-bond donors (Lipinski definition) is 2. The summed E-state index contributed by atoms with van der Waals surface area (Å²) in [6.07, 6.45) is 2.76. The van der Waals surface area contributed by atoms with Crippen molar-refractivity contribution in [1.29, 1.82) is 0 Å². The molecule has 1 aromatic carbocycles. The van der Waals surface area contributed by atoms with Gasteiger partial charge in [0.25, 0.3) is 11.8 Å². The van der Waals surface area contributed by atoms with Gasteiger partial charge in [-0.05, 0) is 42.5 Å². The molecule has 2 heterocycles. The summed E-state index contributed by atoms with van der Waals surface area (Å²) < 4.78 is 5.02. The minimum Gasteiger partial charge on any atom is -0.459 e. The van der Waals surface area contributed by atoms with Gasteiger partial charge in [-0.1, -0.05) is 23.2 Å². The third-order valence-electron chi connectivity index (χ3n) is 3.20. The van der Waals surface area contributed by atoms with Crippen LogP contribution < -0.4 is 10.6 Å². The summed E-state index contributed by atoms with van der Waals surface area (Å²) in [5.74, 6) is -0.522. The highest BCUT2D eigenvalue weighted by Gasteiger charge is 2.11.